The van der Waals surface area contributed by atoms with E-state index in [1.807, 2.05) is 5.32 Å². The molecule has 0 saturated heterocycles. The van der Waals surface area contributed by atoms with Crippen LogP contribution in [0.3, 0.4) is 0 Å². The SMILES string of the molecule is CCOC(=O)c1ccccc1S(=O)(=O)NC(=O)Nc1nc(Cl)cc(=O)[nH]1. The van der Waals surface area contributed by atoms with E-state index in [0.29, 0.717) is 0 Å². The molecule has 0 aliphatic carbocycles. The van der Waals surface area contributed by atoms with Crippen molar-refractivity contribution in [1.82, 2.24) is 14.7 Å². The number of carbonyl (C=O) groups excluding carboxylic acids is 2. The molecule has 0 radical (unpaired) electrons. The fraction of sp³-hybridized carbons (Fsp3) is 0.143. The molecular formula is C14H13ClN4O6S. The van der Waals surface area contributed by atoms with Gasteiger partial charge in [-0.3, -0.25) is 15.1 Å². The Morgan fingerprint density at radius 2 is 2.00 bits per heavy atom. The van der Waals surface area contributed by atoms with Gasteiger partial charge in [0.15, 0.2) is 0 Å². The van der Waals surface area contributed by atoms with E-state index in [1.54, 1.807) is 11.6 Å². The summed E-state index contributed by atoms with van der Waals surface area (Å²) in [6, 6.07) is 4.98. The number of nitrogens with one attached hydrogen (secondary N) is 3. The van der Waals surface area contributed by atoms with Crippen LogP contribution in [0.4, 0.5) is 10.7 Å². The summed E-state index contributed by atoms with van der Waals surface area (Å²) in [5, 5.41) is 1.83. The molecule has 1 heterocycles. The number of hydrogen-bond acceptors (Lipinski definition) is 7. The molecule has 2 aromatic rings. The maximum atomic E-state index is 12.4. The van der Waals surface area contributed by atoms with Gasteiger partial charge in [-0.1, -0.05) is 23.7 Å². The van der Waals surface area contributed by atoms with Crippen molar-refractivity contribution < 1.29 is 22.7 Å². The van der Waals surface area contributed by atoms with Gasteiger partial charge in [-0.15, -0.1) is 0 Å². The molecule has 2 amide bonds. The smallest absolute Gasteiger partial charge is 0.339 e. The predicted octanol–water partition coefficient (Wildman–Crippen LogP) is 1.11. The molecular weight excluding hydrogens is 388 g/mol. The lowest BCUT2D eigenvalue weighted by molar-refractivity contribution is 0.0521. The van der Waals surface area contributed by atoms with Crippen LogP contribution >= 0.6 is 11.6 Å². The zero-order valence-corrected chi connectivity index (χ0v) is 14.8. The number of aromatic amines is 1. The Hall–Kier alpha value is -2.92. The molecule has 0 atom stereocenters. The van der Waals surface area contributed by atoms with Gasteiger partial charge >= 0.3 is 12.0 Å². The molecule has 0 spiro atoms. The van der Waals surface area contributed by atoms with Gasteiger partial charge in [-0.05, 0) is 19.1 Å². The lowest BCUT2D eigenvalue weighted by atomic mass is 10.2. The number of aromatic nitrogens is 2. The fourth-order valence-electron chi connectivity index (χ4n) is 1.88. The summed E-state index contributed by atoms with van der Waals surface area (Å²) in [5.41, 5.74) is -0.875. The Balaban J connectivity index is 2.24. The third-order valence-corrected chi connectivity index (χ3v) is 4.42. The first-order valence-electron chi connectivity index (χ1n) is 7.09. The number of esters is 1. The van der Waals surface area contributed by atoms with E-state index in [0.717, 1.165) is 12.1 Å². The number of rotatable bonds is 5. The number of carbonyl (C=O) groups is 2. The number of sulfonamides is 1. The quantitative estimate of drug-likeness (QED) is 0.503. The summed E-state index contributed by atoms with van der Waals surface area (Å²) in [4.78, 5) is 40.4. The Kier molecular flexibility index (Phi) is 5.95. The first-order valence-corrected chi connectivity index (χ1v) is 8.96. The Morgan fingerprint density at radius 3 is 2.65 bits per heavy atom. The van der Waals surface area contributed by atoms with Crippen LogP contribution < -0.4 is 15.6 Å². The molecule has 138 valence electrons. The molecule has 0 bridgehead atoms. The molecule has 10 nitrogen and oxygen atoms in total. The molecule has 0 aliphatic heterocycles. The molecule has 3 N–H and O–H groups in total. The van der Waals surface area contributed by atoms with Gasteiger partial charge in [-0.25, -0.2) is 27.7 Å². The van der Waals surface area contributed by atoms with Crippen molar-refractivity contribution in [2.45, 2.75) is 11.8 Å². The number of halogens is 1. The lowest BCUT2D eigenvalue weighted by Crippen LogP contribution is -2.36. The van der Waals surface area contributed by atoms with Crippen molar-refractivity contribution in [3.05, 3.63) is 51.4 Å². The average molecular weight is 401 g/mol. The van der Waals surface area contributed by atoms with Crippen molar-refractivity contribution in [1.29, 1.82) is 0 Å². The molecule has 26 heavy (non-hydrogen) atoms. The third-order valence-electron chi connectivity index (χ3n) is 2.84. The topological polar surface area (TPSA) is 147 Å². The first kappa shape index (κ1) is 19.4. The monoisotopic (exact) mass is 400 g/mol. The summed E-state index contributed by atoms with van der Waals surface area (Å²) in [7, 11) is -4.41. The maximum absolute atomic E-state index is 12.4. The normalized spacial score (nSPS) is 10.8. The molecule has 12 heteroatoms. The number of nitrogens with zero attached hydrogens (tertiary/aromatic N) is 1. The number of hydrogen-bond donors (Lipinski definition) is 3. The highest BCUT2D eigenvalue weighted by atomic mass is 35.5. The molecule has 0 aliphatic rings. The van der Waals surface area contributed by atoms with Crippen LogP contribution in [-0.4, -0.2) is 37.0 Å². The van der Waals surface area contributed by atoms with E-state index < -0.39 is 32.5 Å². The molecule has 2 rings (SSSR count). The highest BCUT2D eigenvalue weighted by Gasteiger charge is 2.25. The summed E-state index contributed by atoms with van der Waals surface area (Å²) in [6.45, 7) is 1.62. The van der Waals surface area contributed by atoms with Crippen LogP contribution in [0.15, 0.2) is 40.0 Å². The molecule has 0 unspecified atom stereocenters. The van der Waals surface area contributed by atoms with Gasteiger partial charge in [0.2, 0.25) is 5.95 Å². The highest BCUT2D eigenvalue weighted by molar-refractivity contribution is 7.90. The number of anilines is 1. The van der Waals surface area contributed by atoms with E-state index in [1.165, 1.54) is 18.2 Å². The second-order valence-corrected chi connectivity index (χ2v) is 6.73. The summed E-state index contributed by atoms with van der Waals surface area (Å²) < 4.78 is 31.3. The first-order chi connectivity index (χ1) is 12.2. The summed E-state index contributed by atoms with van der Waals surface area (Å²) in [6.07, 6.45) is 0. The van der Waals surface area contributed by atoms with Gasteiger partial charge in [-0.2, -0.15) is 0 Å². The zero-order chi connectivity index (χ0) is 19.3. The Morgan fingerprint density at radius 1 is 1.31 bits per heavy atom. The van der Waals surface area contributed by atoms with Crippen molar-refractivity contribution >= 4 is 39.6 Å². The number of ether oxygens (including phenoxy) is 1. The van der Waals surface area contributed by atoms with Crippen LogP contribution in [-0.2, 0) is 14.8 Å². The van der Waals surface area contributed by atoms with Crippen LogP contribution in [0, 0.1) is 0 Å². The van der Waals surface area contributed by atoms with Gasteiger partial charge < -0.3 is 4.74 Å². The second kappa shape index (κ2) is 7.97. The standard InChI is InChI=1S/C14H13ClN4O6S/c1-2-25-12(21)8-5-3-4-6-9(8)26(23,24)19-14(22)18-13-16-10(15)7-11(20)17-13/h3-7H,2H2,1H3,(H3,16,17,18,19,20,22). The van der Waals surface area contributed by atoms with E-state index >= 15 is 0 Å². The minimum Gasteiger partial charge on any atom is -0.462 e. The minimum absolute atomic E-state index is 0.0505. The van der Waals surface area contributed by atoms with Crippen molar-refractivity contribution in [2.75, 3.05) is 11.9 Å². The maximum Gasteiger partial charge on any atom is 0.339 e. The molecule has 1 aromatic carbocycles. The zero-order valence-electron chi connectivity index (χ0n) is 13.3. The minimum atomic E-state index is -4.41. The third kappa shape index (κ3) is 4.80. The van der Waals surface area contributed by atoms with Crippen molar-refractivity contribution in [3.63, 3.8) is 0 Å². The lowest BCUT2D eigenvalue weighted by Gasteiger charge is -2.11. The summed E-state index contributed by atoms with van der Waals surface area (Å²) in [5.74, 6) is -1.21. The van der Waals surface area contributed by atoms with Crippen LogP contribution in [0.5, 0.6) is 0 Å². The van der Waals surface area contributed by atoms with Gasteiger partial charge in [0, 0.05) is 6.07 Å². The number of amides is 2. The Labute approximate surface area is 152 Å². The molecule has 0 fully saturated rings. The number of H-pyrrole nitrogens is 1. The summed E-state index contributed by atoms with van der Waals surface area (Å²) >= 11 is 5.58. The van der Waals surface area contributed by atoms with Crippen LogP contribution in [0.25, 0.3) is 0 Å². The number of benzene rings is 1. The van der Waals surface area contributed by atoms with E-state index in [9.17, 15) is 22.8 Å². The van der Waals surface area contributed by atoms with Gasteiger partial charge in [0.1, 0.15) is 10.0 Å². The van der Waals surface area contributed by atoms with Crippen molar-refractivity contribution in [3.8, 4) is 0 Å². The van der Waals surface area contributed by atoms with E-state index in [-0.39, 0.29) is 23.3 Å². The molecule has 0 saturated carbocycles. The van der Waals surface area contributed by atoms with Gasteiger partial charge in [0.05, 0.1) is 12.2 Å². The average Bonchev–Trinajstić information content (AvgIpc) is 2.53. The predicted molar refractivity (Wildman–Crippen MR) is 91.6 cm³/mol. The van der Waals surface area contributed by atoms with E-state index in [2.05, 4.69) is 9.97 Å². The fourth-order valence-corrected chi connectivity index (χ4v) is 3.16. The van der Waals surface area contributed by atoms with E-state index in [4.69, 9.17) is 16.3 Å². The largest absolute Gasteiger partial charge is 0.462 e. The van der Waals surface area contributed by atoms with Crippen molar-refractivity contribution in [2.24, 2.45) is 0 Å². The highest BCUT2D eigenvalue weighted by Crippen LogP contribution is 2.16. The van der Waals surface area contributed by atoms with Gasteiger partial charge in [0.25, 0.3) is 15.6 Å². The van der Waals surface area contributed by atoms with Crippen LogP contribution in [0.2, 0.25) is 5.15 Å². The molecule has 1 aromatic heterocycles. The Bertz CT molecular complexity index is 1000. The number of urea groups is 1. The second-order valence-electron chi connectivity index (χ2n) is 4.69. The van der Waals surface area contributed by atoms with Crippen LogP contribution in [0.1, 0.15) is 17.3 Å².